The highest BCUT2D eigenvalue weighted by Gasteiger charge is 2.27. The van der Waals surface area contributed by atoms with Crippen LogP contribution < -0.4 is 30.6 Å². The average Bonchev–Trinajstić information content (AvgIpc) is 3.49. The van der Waals surface area contributed by atoms with Crippen molar-refractivity contribution in [1.29, 1.82) is 0 Å². The van der Waals surface area contributed by atoms with Gasteiger partial charge in [-0.25, -0.2) is 13.8 Å². The molecule has 232 valence electrons. The number of nitrogens with zero attached hydrogens (tertiary/aromatic N) is 5. The minimum Gasteiger partial charge on any atom is -0.494 e. The van der Waals surface area contributed by atoms with Gasteiger partial charge in [-0.2, -0.15) is 4.99 Å². The van der Waals surface area contributed by atoms with Crippen LogP contribution in [0.15, 0.2) is 63.8 Å². The second kappa shape index (κ2) is 13.5. The van der Waals surface area contributed by atoms with E-state index < -0.39 is 17.2 Å². The highest BCUT2D eigenvalue weighted by molar-refractivity contribution is 6.04. The van der Waals surface area contributed by atoms with Gasteiger partial charge in [0.2, 0.25) is 11.9 Å². The summed E-state index contributed by atoms with van der Waals surface area (Å²) in [6.07, 6.45) is 2.15. The van der Waals surface area contributed by atoms with Crippen molar-refractivity contribution in [3.8, 4) is 17.2 Å². The fourth-order valence-electron chi connectivity index (χ4n) is 4.85. The summed E-state index contributed by atoms with van der Waals surface area (Å²) in [4.78, 5) is 38.3. The maximum Gasteiger partial charge on any atom is 0.294 e. The van der Waals surface area contributed by atoms with Crippen molar-refractivity contribution in [2.24, 2.45) is 17.0 Å². The zero-order valence-electron chi connectivity index (χ0n) is 25.3. The molecule has 1 aliphatic rings. The van der Waals surface area contributed by atoms with Crippen LogP contribution in [-0.2, 0) is 11.8 Å². The molecule has 1 saturated heterocycles. The number of rotatable bonds is 9. The maximum absolute atomic E-state index is 14.1. The Hall–Kier alpha value is -5.04. The Morgan fingerprint density at radius 2 is 1.86 bits per heavy atom. The summed E-state index contributed by atoms with van der Waals surface area (Å²) in [5.74, 6) is -1.85. The summed E-state index contributed by atoms with van der Waals surface area (Å²) in [7, 11) is 7.06. The summed E-state index contributed by atoms with van der Waals surface area (Å²) in [6, 6.07) is 8.08. The largest absolute Gasteiger partial charge is 0.494 e. The molecule has 4 rings (SSSR count). The highest BCUT2D eigenvalue weighted by Crippen LogP contribution is 2.39. The van der Waals surface area contributed by atoms with Crippen molar-refractivity contribution in [3.63, 3.8) is 0 Å². The summed E-state index contributed by atoms with van der Waals surface area (Å²) in [6.45, 7) is 10.4. The van der Waals surface area contributed by atoms with Crippen LogP contribution in [0.1, 0.15) is 12.0 Å². The number of benzene rings is 2. The Kier molecular flexibility index (Phi) is 9.79. The quantitative estimate of drug-likeness (QED) is 0.203. The number of amides is 1. The molecular formula is C31H35F2N7O4. The first-order chi connectivity index (χ1) is 20.9. The van der Waals surface area contributed by atoms with Crippen LogP contribution in [0.2, 0.25) is 0 Å². The molecule has 0 spiro atoms. The number of halogens is 2. The number of aliphatic imine (C=N–C) groups is 2. The van der Waals surface area contributed by atoms with Crippen LogP contribution in [0.25, 0.3) is 0 Å². The molecule has 1 unspecified atom stereocenters. The molecule has 2 aromatic carbocycles. The molecule has 44 heavy (non-hydrogen) atoms. The predicted molar refractivity (Wildman–Crippen MR) is 169 cm³/mol. The average molecular weight is 608 g/mol. The minimum atomic E-state index is -0.944. The Labute approximate surface area is 254 Å². The van der Waals surface area contributed by atoms with Gasteiger partial charge in [0, 0.05) is 38.3 Å². The van der Waals surface area contributed by atoms with Crippen molar-refractivity contribution in [2.45, 2.75) is 19.4 Å². The third-order valence-corrected chi connectivity index (χ3v) is 7.25. The van der Waals surface area contributed by atoms with E-state index in [2.05, 4.69) is 43.7 Å². The Balaban J connectivity index is 1.70. The molecule has 3 aromatic rings. The van der Waals surface area contributed by atoms with Crippen LogP contribution in [0.5, 0.6) is 17.2 Å². The van der Waals surface area contributed by atoms with Crippen LogP contribution >= 0.6 is 0 Å². The lowest BCUT2D eigenvalue weighted by Gasteiger charge is -2.25. The van der Waals surface area contributed by atoms with E-state index in [4.69, 9.17) is 9.47 Å². The number of hydrogen-bond acceptors (Lipinski definition) is 7. The normalized spacial score (nSPS) is 14.9. The number of aromatic nitrogens is 1. The van der Waals surface area contributed by atoms with E-state index in [0.717, 1.165) is 37.3 Å². The zero-order valence-corrected chi connectivity index (χ0v) is 25.3. The molecule has 1 aliphatic heterocycles. The number of guanidine groups is 1. The number of nitrogens with one attached hydrogen (secondary N) is 2. The molecule has 1 amide bonds. The zero-order chi connectivity index (χ0) is 32.1. The first-order valence-electron chi connectivity index (χ1n) is 13.7. The molecule has 0 bridgehead atoms. The predicted octanol–water partition coefficient (Wildman–Crippen LogP) is 4.84. The topological polar surface area (TPSA) is 113 Å². The van der Waals surface area contributed by atoms with Gasteiger partial charge in [-0.05, 0) is 70.1 Å². The van der Waals surface area contributed by atoms with Crippen molar-refractivity contribution in [2.75, 3.05) is 49.8 Å². The summed E-state index contributed by atoms with van der Waals surface area (Å²) < 4.78 is 39.8. The van der Waals surface area contributed by atoms with Gasteiger partial charge in [0.05, 0.1) is 24.2 Å². The molecule has 2 heterocycles. The van der Waals surface area contributed by atoms with E-state index >= 15 is 0 Å². The van der Waals surface area contributed by atoms with E-state index in [-0.39, 0.29) is 29.2 Å². The van der Waals surface area contributed by atoms with E-state index in [9.17, 15) is 18.4 Å². The lowest BCUT2D eigenvalue weighted by molar-refractivity contribution is -0.111. The Bertz CT molecular complexity index is 1690. The number of carbonyl (C=O) groups excluding carboxylic acids is 1. The van der Waals surface area contributed by atoms with Crippen LogP contribution in [0.4, 0.5) is 31.7 Å². The van der Waals surface area contributed by atoms with Gasteiger partial charge in [-0.3, -0.25) is 14.2 Å². The van der Waals surface area contributed by atoms with Gasteiger partial charge in [-0.1, -0.05) is 6.58 Å². The molecule has 1 atom stereocenters. The Morgan fingerprint density at radius 3 is 2.48 bits per heavy atom. The van der Waals surface area contributed by atoms with E-state index in [1.54, 1.807) is 13.0 Å². The molecule has 2 N–H and O–H groups in total. The van der Waals surface area contributed by atoms with Crippen molar-refractivity contribution in [1.82, 2.24) is 9.47 Å². The van der Waals surface area contributed by atoms with Crippen molar-refractivity contribution < 1.29 is 23.0 Å². The second-order valence-electron chi connectivity index (χ2n) is 10.4. The second-order valence-corrected chi connectivity index (χ2v) is 10.4. The first kappa shape index (κ1) is 31.9. The number of likely N-dealkylation sites (N-methyl/N-ethyl adjacent to an activating group) is 1. The standard InChI is InChI=1S/C31H35F2N7O4/c1-8-28(41)35-22-15-23(26(43-7)16-24(22)40-12-11-20(17-40)38(4)5)36-31(34-3)37-29-18(2)13-27(30(42)39(29)6)44-25-10-9-19(32)14-21(25)33/h8-10,13-16,20H,1,3,11-12,17H2,2,4-7H3,(H,35,41)(H,36,37). The lowest BCUT2D eigenvalue weighted by Crippen LogP contribution is -2.31. The number of methoxy groups -OCH3 is 1. The van der Waals surface area contributed by atoms with E-state index in [1.807, 2.05) is 20.2 Å². The van der Waals surface area contributed by atoms with Crippen LogP contribution in [-0.4, -0.2) is 68.4 Å². The number of hydrogen-bond donors (Lipinski definition) is 2. The molecule has 0 saturated carbocycles. The van der Waals surface area contributed by atoms with Crippen molar-refractivity contribution in [3.05, 3.63) is 76.6 Å². The van der Waals surface area contributed by atoms with Crippen LogP contribution in [0, 0.1) is 18.6 Å². The fourth-order valence-corrected chi connectivity index (χ4v) is 4.85. The molecule has 1 aromatic heterocycles. The van der Waals surface area contributed by atoms with E-state index in [1.165, 1.54) is 30.9 Å². The number of anilines is 3. The number of ether oxygens (including phenoxy) is 2. The molecule has 0 aliphatic carbocycles. The summed E-state index contributed by atoms with van der Waals surface area (Å²) >= 11 is 0. The Morgan fingerprint density at radius 1 is 1.11 bits per heavy atom. The fraction of sp³-hybridized carbons (Fsp3) is 0.290. The van der Waals surface area contributed by atoms with Gasteiger partial charge in [-0.15, -0.1) is 0 Å². The smallest absolute Gasteiger partial charge is 0.294 e. The summed E-state index contributed by atoms with van der Waals surface area (Å²) in [5, 5.41) is 5.95. The molecule has 0 radical (unpaired) electrons. The first-order valence-corrected chi connectivity index (χ1v) is 13.7. The number of aryl methyl sites for hydroxylation is 1. The van der Waals surface area contributed by atoms with Gasteiger partial charge in [0.15, 0.2) is 17.3 Å². The molecule has 1 fully saturated rings. The van der Waals surface area contributed by atoms with Crippen LogP contribution in [0.3, 0.4) is 0 Å². The lowest BCUT2D eigenvalue weighted by atomic mass is 10.2. The minimum absolute atomic E-state index is 0.0299. The molecule has 13 heteroatoms. The van der Waals surface area contributed by atoms with Gasteiger partial charge in [0.1, 0.15) is 17.4 Å². The maximum atomic E-state index is 14.1. The van der Waals surface area contributed by atoms with E-state index in [0.29, 0.717) is 34.8 Å². The van der Waals surface area contributed by atoms with Gasteiger partial charge >= 0.3 is 0 Å². The number of pyridine rings is 1. The number of carbonyl (C=O) groups is 1. The molecular weight excluding hydrogens is 572 g/mol. The van der Waals surface area contributed by atoms with Gasteiger partial charge in [0.25, 0.3) is 5.56 Å². The SMILES string of the molecule is C=CC(=O)Nc1cc(NC(N=C)=Nc2c(C)cc(Oc3ccc(F)cc3F)c(=O)n2C)c(OC)cc1N1CCC(N(C)C)C1. The summed E-state index contributed by atoms with van der Waals surface area (Å²) in [5.41, 5.74) is 1.62. The third kappa shape index (κ3) is 6.94. The highest BCUT2D eigenvalue weighted by atomic mass is 19.1. The third-order valence-electron chi connectivity index (χ3n) is 7.25. The van der Waals surface area contributed by atoms with Crippen molar-refractivity contribution >= 4 is 41.5 Å². The van der Waals surface area contributed by atoms with Gasteiger partial charge < -0.3 is 29.9 Å². The molecule has 11 nitrogen and oxygen atoms in total. The monoisotopic (exact) mass is 607 g/mol.